The Morgan fingerprint density at radius 3 is 2.55 bits per heavy atom. The van der Waals surface area contributed by atoms with Gasteiger partial charge in [0, 0.05) is 23.7 Å². The molecular weight excluding hydrogens is 252 g/mol. The smallest absolute Gasteiger partial charge is 0.126 e. The monoisotopic (exact) mass is 274 g/mol. The van der Waals surface area contributed by atoms with E-state index >= 15 is 0 Å². The molecule has 0 amide bonds. The molecule has 0 aromatic carbocycles. The van der Waals surface area contributed by atoms with Gasteiger partial charge in [0.2, 0.25) is 0 Å². The second-order valence-electron chi connectivity index (χ2n) is 6.01. The SMILES string of the molecule is Cc1oc(C(C)(C)C)cc1CNc1ccc(CO)cn1. The number of nitrogens with zero attached hydrogens (tertiary/aromatic N) is 1. The molecule has 4 nitrogen and oxygen atoms in total. The zero-order valence-electron chi connectivity index (χ0n) is 12.5. The number of aryl methyl sites for hydroxylation is 1. The maximum atomic E-state index is 8.98. The summed E-state index contributed by atoms with van der Waals surface area (Å²) in [5.41, 5.74) is 1.97. The predicted molar refractivity (Wildman–Crippen MR) is 79.6 cm³/mol. The van der Waals surface area contributed by atoms with Crippen LogP contribution in [0.1, 0.15) is 43.4 Å². The summed E-state index contributed by atoms with van der Waals surface area (Å²) in [6, 6.07) is 5.83. The highest BCUT2D eigenvalue weighted by Crippen LogP contribution is 2.27. The minimum Gasteiger partial charge on any atom is -0.465 e. The maximum absolute atomic E-state index is 8.98. The summed E-state index contributed by atoms with van der Waals surface area (Å²) in [7, 11) is 0. The molecule has 2 heterocycles. The van der Waals surface area contributed by atoms with Gasteiger partial charge >= 0.3 is 0 Å². The van der Waals surface area contributed by atoms with Crippen molar-refractivity contribution in [1.82, 2.24) is 4.98 Å². The van der Waals surface area contributed by atoms with Gasteiger partial charge in [0.15, 0.2) is 0 Å². The Hall–Kier alpha value is -1.81. The van der Waals surface area contributed by atoms with Crippen molar-refractivity contribution in [2.45, 2.75) is 46.3 Å². The number of pyridine rings is 1. The minimum absolute atomic E-state index is 0.0169. The first-order chi connectivity index (χ1) is 9.40. The molecule has 2 aromatic heterocycles. The molecule has 0 spiro atoms. The topological polar surface area (TPSA) is 58.3 Å². The molecule has 0 bridgehead atoms. The van der Waals surface area contributed by atoms with Crippen LogP contribution in [0.2, 0.25) is 0 Å². The van der Waals surface area contributed by atoms with E-state index in [0.717, 1.165) is 28.5 Å². The van der Waals surface area contributed by atoms with Crippen LogP contribution in [-0.2, 0) is 18.6 Å². The summed E-state index contributed by atoms with van der Waals surface area (Å²) >= 11 is 0. The van der Waals surface area contributed by atoms with Crippen LogP contribution in [0.15, 0.2) is 28.8 Å². The number of furan rings is 1. The summed E-state index contributed by atoms with van der Waals surface area (Å²) < 4.78 is 5.81. The Labute approximate surface area is 119 Å². The molecule has 2 aromatic rings. The minimum atomic E-state index is 0.0169. The van der Waals surface area contributed by atoms with Crippen molar-refractivity contribution in [1.29, 1.82) is 0 Å². The van der Waals surface area contributed by atoms with Crippen LogP contribution < -0.4 is 5.32 Å². The van der Waals surface area contributed by atoms with Crippen molar-refractivity contribution in [3.63, 3.8) is 0 Å². The van der Waals surface area contributed by atoms with Crippen LogP contribution in [0.4, 0.5) is 5.82 Å². The summed E-state index contributed by atoms with van der Waals surface area (Å²) in [6.07, 6.45) is 1.67. The third-order valence-electron chi connectivity index (χ3n) is 3.23. The second-order valence-corrected chi connectivity index (χ2v) is 6.01. The van der Waals surface area contributed by atoms with Crippen molar-refractivity contribution in [2.24, 2.45) is 0 Å². The maximum Gasteiger partial charge on any atom is 0.126 e. The summed E-state index contributed by atoms with van der Waals surface area (Å²) in [4.78, 5) is 4.25. The molecule has 2 rings (SSSR count). The molecule has 0 unspecified atom stereocenters. The van der Waals surface area contributed by atoms with Crippen LogP contribution in [0, 0.1) is 6.92 Å². The van der Waals surface area contributed by atoms with Crippen molar-refractivity contribution >= 4 is 5.82 Å². The van der Waals surface area contributed by atoms with E-state index in [1.165, 1.54) is 0 Å². The Bertz CT molecular complexity index is 565. The lowest BCUT2D eigenvalue weighted by atomic mass is 9.93. The molecular formula is C16H22N2O2. The molecule has 4 heteroatoms. The van der Waals surface area contributed by atoms with E-state index in [-0.39, 0.29) is 12.0 Å². The third kappa shape index (κ3) is 3.39. The van der Waals surface area contributed by atoms with Crippen molar-refractivity contribution in [3.05, 3.63) is 47.0 Å². The van der Waals surface area contributed by atoms with Gasteiger partial charge in [0.1, 0.15) is 17.3 Å². The van der Waals surface area contributed by atoms with E-state index in [1.807, 2.05) is 19.1 Å². The predicted octanol–water partition coefficient (Wildman–Crippen LogP) is 3.38. The first-order valence-electron chi connectivity index (χ1n) is 6.79. The molecule has 0 aliphatic rings. The molecule has 0 aliphatic heterocycles. The van der Waals surface area contributed by atoms with Gasteiger partial charge in [-0.15, -0.1) is 0 Å². The van der Waals surface area contributed by atoms with Gasteiger partial charge < -0.3 is 14.8 Å². The quantitative estimate of drug-likeness (QED) is 0.897. The van der Waals surface area contributed by atoms with Gasteiger partial charge in [-0.3, -0.25) is 0 Å². The standard InChI is InChI=1S/C16H22N2O2/c1-11-13(7-14(20-11)16(2,3)4)9-18-15-6-5-12(10-19)8-17-15/h5-8,19H,9-10H2,1-4H3,(H,17,18). The fraction of sp³-hybridized carbons (Fsp3) is 0.438. The first kappa shape index (κ1) is 14.6. The number of rotatable bonds is 4. The van der Waals surface area contributed by atoms with Gasteiger partial charge in [-0.05, 0) is 24.6 Å². The first-order valence-corrected chi connectivity index (χ1v) is 6.79. The molecule has 0 aliphatic carbocycles. The average Bonchev–Trinajstić information content (AvgIpc) is 2.78. The lowest BCUT2D eigenvalue weighted by Crippen LogP contribution is -2.09. The molecule has 0 fully saturated rings. The van der Waals surface area contributed by atoms with E-state index in [9.17, 15) is 0 Å². The fourth-order valence-corrected chi connectivity index (χ4v) is 1.87. The van der Waals surface area contributed by atoms with Crippen LogP contribution in [0.25, 0.3) is 0 Å². The summed E-state index contributed by atoms with van der Waals surface area (Å²) in [6.45, 7) is 9.08. The molecule has 0 saturated carbocycles. The number of aromatic nitrogens is 1. The lowest BCUT2D eigenvalue weighted by Gasteiger charge is -2.13. The number of aliphatic hydroxyl groups is 1. The molecule has 2 N–H and O–H groups in total. The second kappa shape index (κ2) is 5.67. The van der Waals surface area contributed by atoms with Crippen molar-refractivity contribution < 1.29 is 9.52 Å². The van der Waals surface area contributed by atoms with Gasteiger partial charge in [0.25, 0.3) is 0 Å². The summed E-state index contributed by atoms with van der Waals surface area (Å²) in [5, 5.41) is 12.2. The highest BCUT2D eigenvalue weighted by atomic mass is 16.3. The molecule has 20 heavy (non-hydrogen) atoms. The number of hydrogen-bond donors (Lipinski definition) is 2. The van der Waals surface area contributed by atoms with Gasteiger partial charge in [-0.1, -0.05) is 26.8 Å². The van der Waals surface area contributed by atoms with Crippen LogP contribution in [0.5, 0.6) is 0 Å². The van der Waals surface area contributed by atoms with Gasteiger partial charge in [-0.25, -0.2) is 4.98 Å². The summed E-state index contributed by atoms with van der Waals surface area (Å²) in [5.74, 6) is 2.73. The van der Waals surface area contributed by atoms with E-state index in [4.69, 9.17) is 9.52 Å². The van der Waals surface area contributed by atoms with Crippen molar-refractivity contribution in [3.8, 4) is 0 Å². The van der Waals surface area contributed by atoms with Gasteiger partial charge in [-0.2, -0.15) is 0 Å². The Kier molecular flexibility index (Phi) is 4.14. The number of anilines is 1. The van der Waals surface area contributed by atoms with Crippen LogP contribution in [-0.4, -0.2) is 10.1 Å². The van der Waals surface area contributed by atoms with Crippen molar-refractivity contribution in [2.75, 3.05) is 5.32 Å². The van der Waals surface area contributed by atoms with E-state index in [1.54, 1.807) is 6.20 Å². The normalized spacial score (nSPS) is 11.7. The molecule has 0 saturated heterocycles. The van der Waals surface area contributed by atoms with E-state index in [2.05, 4.69) is 37.1 Å². The number of aliphatic hydroxyl groups excluding tert-OH is 1. The largest absolute Gasteiger partial charge is 0.465 e. The third-order valence-corrected chi connectivity index (χ3v) is 3.23. The Morgan fingerprint density at radius 2 is 2.05 bits per heavy atom. The molecule has 0 atom stereocenters. The highest BCUT2D eigenvalue weighted by molar-refractivity contribution is 5.37. The highest BCUT2D eigenvalue weighted by Gasteiger charge is 2.20. The van der Waals surface area contributed by atoms with E-state index < -0.39 is 0 Å². The fourth-order valence-electron chi connectivity index (χ4n) is 1.87. The van der Waals surface area contributed by atoms with Crippen LogP contribution in [0.3, 0.4) is 0 Å². The lowest BCUT2D eigenvalue weighted by molar-refractivity contribution is 0.281. The Morgan fingerprint density at radius 1 is 1.30 bits per heavy atom. The molecule has 0 radical (unpaired) electrons. The van der Waals surface area contributed by atoms with E-state index in [0.29, 0.717) is 6.54 Å². The number of hydrogen-bond acceptors (Lipinski definition) is 4. The average molecular weight is 274 g/mol. The Balaban J connectivity index is 2.05. The number of nitrogens with one attached hydrogen (secondary N) is 1. The zero-order valence-corrected chi connectivity index (χ0v) is 12.5. The molecule has 108 valence electrons. The van der Waals surface area contributed by atoms with Crippen LogP contribution >= 0.6 is 0 Å². The van der Waals surface area contributed by atoms with Gasteiger partial charge in [0.05, 0.1) is 6.61 Å². The zero-order chi connectivity index (χ0) is 14.8.